The van der Waals surface area contributed by atoms with E-state index in [1.54, 1.807) is 0 Å². The zero-order valence-electron chi connectivity index (χ0n) is 12.1. The van der Waals surface area contributed by atoms with Crippen molar-refractivity contribution in [1.29, 1.82) is 0 Å². The van der Waals surface area contributed by atoms with E-state index >= 15 is 0 Å². The molecule has 0 aliphatic rings. The maximum absolute atomic E-state index is 11.8. The third-order valence-electron chi connectivity index (χ3n) is 3.26. The van der Waals surface area contributed by atoms with Gasteiger partial charge in [0.05, 0.1) is 12.6 Å². The molecule has 0 saturated heterocycles. The highest BCUT2D eigenvalue weighted by atomic mass is 16.6. The first-order chi connectivity index (χ1) is 10.7. The first-order valence-electron chi connectivity index (χ1n) is 7.04. The summed E-state index contributed by atoms with van der Waals surface area (Å²) in [5.74, 6) is 0. The highest BCUT2D eigenvalue weighted by Crippen LogP contribution is 2.10. The van der Waals surface area contributed by atoms with E-state index in [-0.39, 0.29) is 13.2 Å². The summed E-state index contributed by atoms with van der Waals surface area (Å²) < 4.78 is 5.04. The molecule has 0 radical (unpaired) electrons. The third-order valence-corrected chi connectivity index (χ3v) is 3.26. The number of carbonyl (C=O) groups is 1. The van der Waals surface area contributed by atoms with Crippen molar-refractivity contribution in [2.45, 2.75) is 19.1 Å². The van der Waals surface area contributed by atoms with Crippen LogP contribution in [-0.4, -0.2) is 34.1 Å². The van der Waals surface area contributed by atoms with Crippen LogP contribution in [0.2, 0.25) is 0 Å². The molecule has 22 heavy (non-hydrogen) atoms. The van der Waals surface area contributed by atoms with Crippen LogP contribution >= 0.6 is 0 Å². The number of benzene rings is 2. The second kappa shape index (κ2) is 8.17. The van der Waals surface area contributed by atoms with E-state index in [9.17, 15) is 15.1 Å². The van der Waals surface area contributed by atoms with Gasteiger partial charge in [0, 0.05) is 0 Å². The Balaban J connectivity index is 1.90. The van der Waals surface area contributed by atoms with E-state index in [4.69, 9.17) is 4.74 Å². The molecule has 0 fully saturated rings. The second-order valence-electron chi connectivity index (χ2n) is 4.91. The van der Waals surface area contributed by atoms with Gasteiger partial charge in [-0.05, 0) is 17.5 Å². The van der Waals surface area contributed by atoms with Crippen molar-refractivity contribution in [2.75, 3.05) is 6.61 Å². The number of amides is 1. The molecule has 5 heteroatoms. The molecule has 2 rings (SSSR count). The standard InChI is InChI=1S/C17H19NO4/c19-12-16(11-14-7-3-1-4-8-14)18(21)17(20)22-13-15-9-5-2-6-10-15/h1-10,16,19,21H,11-13H2/t16-/m1/s1. The van der Waals surface area contributed by atoms with Crippen LogP contribution in [0, 0.1) is 0 Å². The zero-order chi connectivity index (χ0) is 15.8. The van der Waals surface area contributed by atoms with Gasteiger partial charge in [0.25, 0.3) is 0 Å². The summed E-state index contributed by atoms with van der Waals surface area (Å²) in [6, 6.07) is 17.8. The average molecular weight is 301 g/mol. The number of carbonyl (C=O) groups excluding carboxylic acids is 1. The van der Waals surface area contributed by atoms with Crippen LogP contribution in [0.4, 0.5) is 4.79 Å². The Hall–Kier alpha value is -2.37. The van der Waals surface area contributed by atoms with Crippen LogP contribution in [0.1, 0.15) is 11.1 Å². The smallest absolute Gasteiger partial charge is 0.434 e. The Morgan fingerprint density at radius 2 is 1.55 bits per heavy atom. The van der Waals surface area contributed by atoms with Crippen LogP contribution in [-0.2, 0) is 17.8 Å². The molecular formula is C17H19NO4. The molecule has 0 aliphatic carbocycles. The number of hydrogen-bond acceptors (Lipinski definition) is 4. The van der Waals surface area contributed by atoms with Crippen LogP contribution in [0.5, 0.6) is 0 Å². The fourth-order valence-corrected chi connectivity index (χ4v) is 2.05. The van der Waals surface area contributed by atoms with Gasteiger partial charge >= 0.3 is 6.09 Å². The molecule has 0 unspecified atom stereocenters. The van der Waals surface area contributed by atoms with Crippen molar-refractivity contribution >= 4 is 6.09 Å². The predicted molar refractivity (Wildman–Crippen MR) is 81.3 cm³/mol. The van der Waals surface area contributed by atoms with E-state index in [1.165, 1.54) is 0 Å². The van der Waals surface area contributed by atoms with Gasteiger partial charge in [0.15, 0.2) is 0 Å². The predicted octanol–water partition coefficient (Wildman–Crippen LogP) is 2.62. The molecule has 0 aliphatic heterocycles. The average Bonchev–Trinajstić information content (AvgIpc) is 2.58. The number of hydroxylamine groups is 2. The number of aliphatic hydroxyl groups is 1. The van der Waals surface area contributed by atoms with Gasteiger partial charge in [0.2, 0.25) is 0 Å². The number of aliphatic hydroxyl groups excluding tert-OH is 1. The van der Waals surface area contributed by atoms with E-state index in [0.29, 0.717) is 11.5 Å². The molecular weight excluding hydrogens is 282 g/mol. The van der Waals surface area contributed by atoms with Crippen LogP contribution in [0.15, 0.2) is 60.7 Å². The number of ether oxygens (including phenoxy) is 1. The summed E-state index contributed by atoms with van der Waals surface area (Å²) in [5, 5.41) is 19.8. The second-order valence-corrected chi connectivity index (χ2v) is 4.91. The summed E-state index contributed by atoms with van der Waals surface area (Å²) in [6.07, 6.45) is -0.535. The minimum Gasteiger partial charge on any atom is -0.443 e. The molecule has 0 saturated carbocycles. The zero-order valence-corrected chi connectivity index (χ0v) is 12.1. The Labute approximate surface area is 129 Å². The first-order valence-corrected chi connectivity index (χ1v) is 7.04. The lowest BCUT2D eigenvalue weighted by molar-refractivity contribution is -0.116. The van der Waals surface area contributed by atoms with E-state index in [0.717, 1.165) is 11.1 Å². The monoisotopic (exact) mass is 301 g/mol. The van der Waals surface area contributed by atoms with E-state index in [2.05, 4.69) is 0 Å². The minimum absolute atomic E-state index is 0.0697. The molecule has 1 amide bonds. The van der Waals surface area contributed by atoms with Gasteiger partial charge in [-0.1, -0.05) is 60.7 Å². The SMILES string of the molecule is O=C(OCc1ccccc1)N(O)[C@@H](CO)Cc1ccccc1. The molecule has 2 aromatic carbocycles. The molecule has 0 spiro atoms. The summed E-state index contributed by atoms with van der Waals surface area (Å²) in [4.78, 5) is 11.8. The van der Waals surface area contributed by atoms with Crippen LogP contribution in [0.25, 0.3) is 0 Å². The summed E-state index contributed by atoms with van der Waals surface area (Å²) in [7, 11) is 0. The van der Waals surface area contributed by atoms with Gasteiger partial charge < -0.3 is 9.84 Å². The Morgan fingerprint density at radius 3 is 2.09 bits per heavy atom. The van der Waals surface area contributed by atoms with Crippen LogP contribution < -0.4 is 0 Å². The number of hydrogen-bond donors (Lipinski definition) is 2. The Bertz CT molecular complexity index is 574. The summed E-state index contributed by atoms with van der Waals surface area (Å²) in [6.45, 7) is -0.286. The lowest BCUT2D eigenvalue weighted by atomic mass is 10.1. The highest BCUT2D eigenvalue weighted by Gasteiger charge is 2.23. The minimum atomic E-state index is -0.876. The fraction of sp³-hybridized carbons (Fsp3) is 0.235. The number of rotatable bonds is 6. The normalized spacial score (nSPS) is 11.7. The topological polar surface area (TPSA) is 70.0 Å². The quantitative estimate of drug-likeness (QED) is 0.635. The van der Waals surface area contributed by atoms with Crippen molar-refractivity contribution in [1.82, 2.24) is 5.06 Å². The highest BCUT2D eigenvalue weighted by molar-refractivity contribution is 5.66. The maximum atomic E-state index is 11.8. The summed E-state index contributed by atoms with van der Waals surface area (Å²) >= 11 is 0. The molecule has 0 aromatic heterocycles. The Kier molecular flexibility index (Phi) is 5.94. The molecule has 2 aromatic rings. The lowest BCUT2D eigenvalue weighted by Gasteiger charge is -2.23. The van der Waals surface area contributed by atoms with Crippen molar-refractivity contribution in [3.05, 3.63) is 71.8 Å². The van der Waals surface area contributed by atoms with Crippen molar-refractivity contribution < 1.29 is 19.8 Å². The van der Waals surface area contributed by atoms with Gasteiger partial charge in [-0.3, -0.25) is 5.21 Å². The van der Waals surface area contributed by atoms with Gasteiger partial charge in [0.1, 0.15) is 6.61 Å². The van der Waals surface area contributed by atoms with Crippen molar-refractivity contribution in [3.63, 3.8) is 0 Å². The first kappa shape index (κ1) is 16.0. The Morgan fingerprint density at radius 1 is 1.00 bits per heavy atom. The van der Waals surface area contributed by atoms with Gasteiger partial charge in [-0.2, -0.15) is 5.06 Å². The number of nitrogens with zero attached hydrogens (tertiary/aromatic N) is 1. The molecule has 116 valence electrons. The molecule has 5 nitrogen and oxygen atoms in total. The largest absolute Gasteiger partial charge is 0.443 e. The molecule has 1 atom stereocenters. The molecule has 0 heterocycles. The molecule has 2 N–H and O–H groups in total. The molecule has 0 bridgehead atoms. The van der Waals surface area contributed by atoms with Crippen molar-refractivity contribution in [3.8, 4) is 0 Å². The van der Waals surface area contributed by atoms with Crippen molar-refractivity contribution in [2.24, 2.45) is 0 Å². The summed E-state index contributed by atoms with van der Waals surface area (Å²) in [5.41, 5.74) is 1.74. The van der Waals surface area contributed by atoms with E-state index in [1.807, 2.05) is 60.7 Å². The van der Waals surface area contributed by atoms with Crippen LogP contribution in [0.3, 0.4) is 0 Å². The van der Waals surface area contributed by atoms with E-state index < -0.39 is 12.1 Å². The maximum Gasteiger partial charge on any atom is 0.434 e. The van der Waals surface area contributed by atoms with Gasteiger partial charge in [-0.25, -0.2) is 4.79 Å². The fourth-order valence-electron chi connectivity index (χ4n) is 2.05. The third kappa shape index (κ3) is 4.58. The lowest BCUT2D eigenvalue weighted by Crippen LogP contribution is -2.41. The van der Waals surface area contributed by atoms with Gasteiger partial charge in [-0.15, -0.1) is 0 Å².